The Morgan fingerprint density at radius 3 is 2.88 bits per heavy atom. The van der Waals surface area contributed by atoms with Crippen molar-refractivity contribution in [2.24, 2.45) is 0 Å². The summed E-state index contributed by atoms with van der Waals surface area (Å²) in [7, 11) is 0. The zero-order valence-corrected chi connectivity index (χ0v) is 10.5. The fourth-order valence-corrected chi connectivity index (χ4v) is 2.24. The number of aromatic nitrogens is 2. The van der Waals surface area contributed by atoms with E-state index in [2.05, 4.69) is 39.0 Å². The average Bonchev–Trinajstić information content (AvgIpc) is 2.76. The van der Waals surface area contributed by atoms with E-state index < -0.39 is 0 Å². The number of hydrogen-bond acceptors (Lipinski definition) is 4. The first kappa shape index (κ1) is 11.1. The molecule has 0 saturated carbocycles. The van der Waals surface area contributed by atoms with Gasteiger partial charge in [0.25, 0.3) is 0 Å². The van der Waals surface area contributed by atoms with E-state index in [-0.39, 0.29) is 6.04 Å². The maximum Gasteiger partial charge on any atom is 0.148 e. The van der Waals surface area contributed by atoms with Gasteiger partial charge >= 0.3 is 0 Å². The Bertz CT molecular complexity index is 465. The van der Waals surface area contributed by atoms with Crippen LogP contribution in [0.15, 0.2) is 23.0 Å². The third-order valence-electron chi connectivity index (χ3n) is 2.47. The molecule has 0 aliphatic heterocycles. The van der Waals surface area contributed by atoms with Crippen LogP contribution in [-0.2, 0) is 0 Å². The molecule has 0 aromatic carbocycles. The SMILES string of the molecule is Cc1cnc(C)c(NC(C)c2ccsc2)n1. The van der Waals surface area contributed by atoms with E-state index in [4.69, 9.17) is 0 Å². The molecular weight excluding hydrogens is 218 g/mol. The van der Waals surface area contributed by atoms with Gasteiger partial charge in [-0.3, -0.25) is 4.98 Å². The highest BCUT2D eigenvalue weighted by Gasteiger charge is 2.08. The molecule has 0 bridgehead atoms. The number of nitrogens with one attached hydrogen (secondary N) is 1. The van der Waals surface area contributed by atoms with Crippen LogP contribution in [0, 0.1) is 13.8 Å². The van der Waals surface area contributed by atoms with E-state index in [0.717, 1.165) is 17.2 Å². The van der Waals surface area contributed by atoms with E-state index in [1.165, 1.54) is 5.56 Å². The van der Waals surface area contributed by atoms with Gasteiger partial charge in [-0.15, -0.1) is 0 Å². The van der Waals surface area contributed by atoms with Gasteiger partial charge in [0.15, 0.2) is 0 Å². The summed E-state index contributed by atoms with van der Waals surface area (Å²) in [4.78, 5) is 8.74. The van der Waals surface area contributed by atoms with Gasteiger partial charge < -0.3 is 5.32 Å². The Morgan fingerprint density at radius 1 is 1.38 bits per heavy atom. The summed E-state index contributed by atoms with van der Waals surface area (Å²) < 4.78 is 0. The molecule has 1 unspecified atom stereocenters. The lowest BCUT2D eigenvalue weighted by Crippen LogP contribution is -2.09. The van der Waals surface area contributed by atoms with Crippen LogP contribution in [0.1, 0.15) is 29.9 Å². The highest BCUT2D eigenvalue weighted by atomic mass is 32.1. The molecule has 1 N–H and O–H groups in total. The van der Waals surface area contributed by atoms with Crippen LogP contribution in [-0.4, -0.2) is 9.97 Å². The lowest BCUT2D eigenvalue weighted by molar-refractivity contribution is 0.867. The van der Waals surface area contributed by atoms with Gasteiger partial charge in [-0.1, -0.05) is 0 Å². The average molecular weight is 233 g/mol. The molecule has 2 rings (SSSR count). The molecule has 0 spiro atoms. The molecule has 2 aromatic heterocycles. The Balaban J connectivity index is 2.17. The highest BCUT2D eigenvalue weighted by Crippen LogP contribution is 2.21. The molecule has 0 aliphatic rings. The second-order valence-electron chi connectivity index (χ2n) is 3.87. The van der Waals surface area contributed by atoms with Crippen molar-refractivity contribution < 1.29 is 0 Å². The third kappa shape index (κ3) is 2.39. The van der Waals surface area contributed by atoms with Gasteiger partial charge in [-0.25, -0.2) is 4.98 Å². The first-order valence-corrected chi connectivity index (χ1v) is 6.20. The summed E-state index contributed by atoms with van der Waals surface area (Å²) in [5.41, 5.74) is 3.16. The predicted octanol–water partition coefficient (Wildman–Crippen LogP) is 3.33. The molecule has 3 nitrogen and oxygen atoms in total. The summed E-state index contributed by atoms with van der Waals surface area (Å²) in [5, 5.41) is 7.62. The van der Waals surface area contributed by atoms with Gasteiger partial charge in [0.2, 0.25) is 0 Å². The quantitative estimate of drug-likeness (QED) is 0.883. The van der Waals surface area contributed by atoms with Crippen LogP contribution in [0.2, 0.25) is 0 Å². The van der Waals surface area contributed by atoms with Crippen molar-refractivity contribution in [3.8, 4) is 0 Å². The Labute approximate surface area is 99.6 Å². The van der Waals surface area contributed by atoms with E-state index in [0.29, 0.717) is 0 Å². The molecule has 16 heavy (non-hydrogen) atoms. The predicted molar refractivity (Wildman–Crippen MR) is 67.9 cm³/mol. The van der Waals surface area contributed by atoms with Crippen molar-refractivity contribution in [2.45, 2.75) is 26.8 Å². The Kier molecular flexibility index (Phi) is 3.19. The maximum absolute atomic E-state index is 4.45. The van der Waals surface area contributed by atoms with Crippen molar-refractivity contribution >= 4 is 17.2 Å². The number of thiophene rings is 1. The molecule has 0 amide bonds. The maximum atomic E-state index is 4.45. The van der Waals surface area contributed by atoms with Crippen LogP contribution in [0.5, 0.6) is 0 Å². The summed E-state index contributed by atoms with van der Waals surface area (Å²) in [6, 6.07) is 2.39. The second-order valence-corrected chi connectivity index (χ2v) is 4.65. The molecule has 4 heteroatoms. The van der Waals surface area contributed by atoms with E-state index in [1.807, 2.05) is 13.8 Å². The van der Waals surface area contributed by atoms with Crippen LogP contribution >= 0.6 is 11.3 Å². The van der Waals surface area contributed by atoms with E-state index in [9.17, 15) is 0 Å². The highest BCUT2D eigenvalue weighted by molar-refractivity contribution is 7.07. The Hall–Kier alpha value is -1.42. The minimum Gasteiger partial charge on any atom is -0.362 e. The third-order valence-corrected chi connectivity index (χ3v) is 3.17. The van der Waals surface area contributed by atoms with Gasteiger partial charge in [-0.05, 0) is 43.2 Å². The smallest absolute Gasteiger partial charge is 0.148 e. The standard InChI is InChI=1S/C12H15N3S/c1-8-6-13-10(3)12(14-8)15-9(2)11-4-5-16-7-11/h4-7,9H,1-3H3,(H,14,15). The summed E-state index contributed by atoms with van der Waals surface area (Å²) >= 11 is 1.71. The lowest BCUT2D eigenvalue weighted by Gasteiger charge is -2.14. The number of rotatable bonds is 3. The molecule has 0 fully saturated rings. The van der Waals surface area contributed by atoms with Gasteiger partial charge in [0.05, 0.1) is 17.4 Å². The summed E-state index contributed by atoms with van der Waals surface area (Å²) in [6.45, 7) is 6.05. The minimum absolute atomic E-state index is 0.265. The summed E-state index contributed by atoms with van der Waals surface area (Å²) in [5.74, 6) is 0.874. The lowest BCUT2D eigenvalue weighted by atomic mass is 10.2. The second kappa shape index (κ2) is 4.61. The molecule has 1 atom stereocenters. The normalized spacial score (nSPS) is 12.4. The van der Waals surface area contributed by atoms with Crippen molar-refractivity contribution in [1.82, 2.24) is 9.97 Å². The summed E-state index contributed by atoms with van der Waals surface area (Å²) in [6.07, 6.45) is 1.79. The first-order chi connectivity index (χ1) is 7.66. The van der Waals surface area contributed by atoms with Gasteiger partial charge in [0.1, 0.15) is 5.82 Å². The topological polar surface area (TPSA) is 37.8 Å². The first-order valence-electron chi connectivity index (χ1n) is 5.25. The van der Waals surface area contributed by atoms with Crippen molar-refractivity contribution in [3.63, 3.8) is 0 Å². The molecular formula is C12H15N3S. The van der Waals surface area contributed by atoms with Crippen molar-refractivity contribution in [3.05, 3.63) is 40.0 Å². The van der Waals surface area contributed by atoms with E-state index >= 15 is 0 Å². The fraction of sp³-hybridized carbons (Fsp3) is 0.333. The zero-order chi connectivity index (χ0) is 11.5. The van der Waals surface area contributed by atoms with Gasteiger partial charge in [-0.2, -0.15) is 11.3 Å². The minimum atomic E-state index is 0.265. The monoisotopic (exact) mass is 233 g/mol. The van der Waals surface area contributed by atoms with Gasteiger partial charge in [0, 0.05) is 6.20 Å². The number of nitrogens with zero attached hydrogens (tertiary/aromatic N) is 2. The molecule has 84 valence electrons. The molecule has 0 aliphatic carbocycles. The fourth-order valence-electron chi connectivity index (χ4n) is 1.48. The van der Waals surface area contributed by atoms with E-state index in [1.54, 1.807) is 17.5 Å². The number of hydrogen-bond donors (Lipinski definition) is 1. The van der Waals surface area contributed by atoms with Crippen molar-refractivity contribution in [2.75, 3.05) is 5.32 Å². The molecule has 2 aromatic rings. The molecule has 0 radical (unpaired) electrons. The number of aryl methyl sites for hydroxylation is 2. The van der Waals surface area contributed by atoms with Crippen molar-refractivity contribution in [1.29, 1.82) is 0 Å². The Morgan fingerprint density at radius 2 is 2.19 bits per heavy atom. The van der Waals surface area contributed by atoms with Crippen LogP contribution in [0.3, 0.4) is 0 Å². The van der Waals surface area contributed by atoms with Crippen LogP contribution in [0.4, 0.5) is 5.82 Å². The molecule has 0 saturated heterocycles. The zero-order valence-electron chi connectivity index (χ0n) is 9.69. The largest absolute Gasteiger partial charge is 0.362 e. The molecule has 2 heterocycles. The van der Waals surface area contributed by atoms with Crippen LogP contribution in [0.25, 0.3) is 0 Å². The van der Waals surface area contributed by atoms with Crippen LogP contribution < -0.4 is 5.32 Å². The number of anilines is 1.